The first kappa shape index (κ1) is 12.1. The molecule has 94 valence electrons. The lowest BCUT2D eigenvalue weighted by Gasteiger charge is -2.12. The van der Waals surface area contributed by atoms with E-state index in [2.05, 4.69) is 15.2 Å². The van der Waals surface area contributed by atoms with E-state index in [1.807, 2.05) is 26.2 Å². The maximum atomic E-state index is 5.57. The highest BCUT2D eigenvalue weighted by molar-refractivity contribution is 5.31. The van der Waals surface area contributed by atoms with E-state index < -0.39 is 0 Å². The van der Waals surface area contributed by atoms with Crippen molar-refractivity contribution in [3.05, 3.63) is 17.7 Å². The van der Waals surface area contributed by atoms with Crippen LogP contribution >= 0.6 is 0 Å². The van der Waals surface area contributed by atoms with Gasteiger partial charge in [0.05, 0.1) is 0 Å². The Morgan fingerprint density at radius 1 is 1.47 bits per heavy atom. The molecule has 0 spiro atoms. The van der Waals surface area contributed by atoms with Crippen LogP contribution in [0.3, 0.4) is 0 Å². The monoisotopic (exact) mass is 237 g/mol. The molecule has 0 unspecified atom stereocenters. The van der Waals surface area contributed by atoms with E-state index in [9.17, 15) is 0 Å². The normalized spacial score (nSPS) is 15.0. The summed E-state index contributed by atoms with van der Waals surface area (Å²) in [6, 6.07) is 3.90. The van der Waals surface area contributed by atoms with Gasteiger partial charge in [-0.05, 0) is 20.2 Å². The van der Waals surface area contributed by atoms with Crippen LogP contribution in [0.4, 0.5) is 0 Å². The molecule has 1 N–H and O–H groups in total. The first-order valence-corrected chi connectivity index (χ1v) is 5.86. The molecule has 5 nitrogen and oxygen atoms in total. The summed E-state index contributed by atoms with van der Waals surface area (Å²) in [6.45, 7) is 3.83. The van der Waals surface area contributed by atoms with E-state index in [-0.39, 0.29) is 0 Å². The number of nitrogens with one attached hydrogen (secondary N) is 1. The fraction of sp³-hybridized carbons (Fsp3) is 0.583. The topological polar surface area (TPSA) is 46.6 Å². The zero-order valence-corrected chi connectivity index (χ0v) is 10.4. The van der Waals surface area contributed by atoms with Crippen LogP contribution in [0.15, 0.2) is 12.1 Å². The van der Waals surface area contributed by atoms with Crippen molar-refractivity contribution >= 4 is 0 Å². The first-order chi connectivity index (χ1) is 8.25. The van der Waals surface area contributed by atoms with Gasteiger partial charge in [0.1, 0.15) is 13.2 Å². The molecule has 1 aliphatic rings. The van der Waals surface area contributed by atoms with Crippen molar-refractivity contribution < 1.29 is 9.47 Å². The van der Waals surface area contributed by atoms with Gasteiger partial charge in [-0.25, -0.2) is 0 Å². The number of pyridine rings is 1. The Bertz CT molecular complexity index is 369. The second-order valence-corrected chi connectivity index (χ2v) is 4.29. The summed E-state index contributed by atoms with van der Waals surface area (Å²) in [5.74, 6) is 1.32. The molecule has 0 aliphatic carbocycles. The Balaban J connectivity index is 1.97. The summed E-state index contributed by atoms with van der Waals surface area (Å²) < 4.78 is 11.1. The Hall–Kier alpha value is -1.33. The van der Waals surface area contributed by atoms with Crippen LogP contribution in [0, 0.1) is 0 Å². The lowest BCUT2D eigenvalue weighted by atomic mass is 10.2. The zero-order chi connectivity index (χ0) is 12.1. The minimum Gasteiger partial charge on any atom is -0.476 e. The zero-order valence-electron chi connectivity index (χ0n) is 10.4. The third-order valence-corrected chi connectivity index (χ3v) is 2.54. The van der Waals surface area contributed by atoms with Crippen molar-refractivity contribution in [3.63, 3.8) is 0 Å². The Morgan fingerprint density at radius 2 is 2.35 bits per heavy atom. The molecular weight excluding hydrogens is 218 g/mol. The minimum absolute atomic E-state index is 0.632. The van der Waals surface area contributed by atoms with Crippen molar-refractivity contribution in [2.75, 3.05) is 40.4 Å². The van der Waals surface area contributed by atoms with Gasteiger partial charge in [-0.2, -0.15) is 4.98 Å². The molecule has 0 radical (unpaired) electrons. The van der Waals surface area contributed by atoms with Gasteiger partial charge in [-0.1, -0.05) is 0 Å². The van der Waals surface area contributed by atoms with Gasteiger partial charge in [0.2, 0.25) is 11.8 Å². The number of nitrogens with zero attached hydrogens (tertiary/aromatic N) is 2. The average molecular weight is 237 g/mol. The largest absolute Gasteiger partial charge is 0.476 e. The maximum absolute atomic E-state index is 5.57. The molecule has 1 aliphatic heterocycles. The van der Waals surface area contributed by atoms with Gasteiger partial charge in [-0.15, -0.1) is 0 Å². The molecule has 0 aromatic carbocycles. The van der Waals surface area contributed by atoms with Crippen LogP contribution in [-0.2, 0) is 6.54 Å². The van der Waals surface area contributed by atoms with E-state index in [0.29, 0.717) is 25.0 Å². The molecule has 5 heteroatoms. The molecule has 0 atom stereocenters. The number of ether oxygens (including phenoxy) is 2. The predicted octanol–water partition coefficient (Wildman–Crippen LogP) is 0.504. The summed E-state index contributed by atoms with van der Waals surface area (Å²) in [4.78, 5) is 6.44. The Morgan fingerprint density at radius 3 is 3.18 bits per heavy atom. The summed E-state index contributed by atoms with van der Waals surface area (Å²) in [5.41, 5.74) is 1.09. The summed E-state index contributed by atoms with van der Waals surface area (Å²) >= 11 is 0. The first-order valence-electron chi connectivity index (χ1n) is 5.86. The molecular formula is C12H19N3O2. The quantitative estimate of drug-likeness (QED) is 0.826. The summed E-state index contributed by atoms with van der Waals surface area (Å²) in [6.07, 6.45) is 0. The maximum Gasteiger partial charge on any atom is 0.221 e. The number of hydrogen-bond donors (Lipinski definition) is 1. The highest BCUT2D eigenvalue weighted by Crippen LogP contribution is 2.21. The number of hydrogen-bond acceptors (Lipinski definition) is 5. The third-order valence-electron chi connectivity index (χ3n) is 2.54. The molecule has 0 saturated heterocycles. The van der Waals surface area contributed by atoms with Gasteiger partial charge in [0.15, 0.2) is 0 Å². The fourth-order valence-electron chi connectivity index (χ4n) is 1.57. The fourth-order valence-corrected chi connectivity index (χ4v) is 1.57. The van der Waals surface area contributed by atoms with Crippen LogP contribution in [0.2, 0.25) is 0 Å². The van der Waals surface area contributed by atoms with Crippen LogP contribution in [-0.4, -0.2) is 50.3 Å². The Labute approximate surface area is 102 Å². The van der Waals surface area contributed by atoms with Crippen LogP contribution in [0.25, 0.3) is 0 Å². The average Bonchev–Trinajstić information content (AvgIpc) is 2.53. The van der Waals surface area contributed by atoms with Gasteiger partial charge >= 0.3 is 0 Å². The van der Waals surface area contributed by atoms with Gasteiger partial charge in [-0.3, -0.25) is 0 Å². The van der Waals surface area contributed by atoms with Crippen molar-refractivity contribution in [2.45, 2.75) is 6.54 Å². The molecule has 17 heavy (non-hydrogen) atoms. The minimum atomic E-state index is 0.632. The standard InChI is InChI=1S/C12H19N3O2/c1-15(2)6-8-16-11-4-3-10-9-13-5-7-17-12(10)14-11/h3-4,13H,5-9H2,1-2H3. The van der Waals surface area contributed by atoms with Crippen molar-refractivity contribution in [2.24, 2.45) is 0 Å². The molecule has 0 fully saturated rings. The van der Waals surface area contributed by atoms with E-state index in [1.54, 1.807) is 0 Å². The van der Waals surface area contributed by atoms with Crippen molar-refractivity contribution in [1.82, 2.24) is 15.2 Å². The number of rotatable bonds is 4. The lowest BCUT2D eigenvalue weighted by Crippen LogP contribution is -2.19. The molecule has 0 amide bonds. The van der Waals surface area contributed by atoms with E-state index >= 15 is 0 Å². The van der Waals surface area contributed by atoms with E-state index in [1.165, 1.54) is 0 Å². The third kappa shape index (κ3) is 3.57. The molecule has 0 saturated carbocycles. The number of fused-ring (bicyclic) bond motifs is 1. The van der Waals surface area contributed by atoms with Gasteiger partial charge in [0, 0.05) is 31.3 Å². The SMILES string of the molecule is CN(C)CCOc1ccc2c(n1)OCCNC2. The van der Waals surface area contributed by atoms with Crippen LogP contribution in [0.5, 0.6) is 11.8 Å². The van der Waals surface area contributed by atoms with Crippen LogP contribution in [0.1, 0.15) is 5.56 Å². The molecule has 2 heterocycles. The number of aromatic nitrogens is 1. The molecule has 1 aromatic rings. The van der Waals surface area contributed by atoms with Crippen LogP contribution < -0.4 is 14.8 Å². The molecule has 1 aromatic heterocycles. The Kier molecular flexibility index (Phi) is 4.17. The molecule has 2 rings (SSSR count). The van der Waals surface area contributed by atoms with Gasteiger partial charge < -0.3 is 19.7 Å². The highest BCUT2D eigenvalue weighted by atomic mass is 16.5. The van der Waals surface area contributed by atoms with Crippen molar-refractivity contribution in [1.29, 1.82) is 0 Å². The van der Waals surface area contributed by atoms with Gasteiger partial charge in [0.25, 0.3) is 0 Å². The molecule has 0 bridgehead atoms. The summed E-state index contributed by atoms with van der Waals surface area (Å²) in [7, 11) is 4.03. The van der Waals surface area contributed by atoms with E-state index in [0.717, 1.165) is 25.2 Å². The smallest absolute Gasteiger partial charge is 0.221 e. The lowest BCUT2D eigenvalue weighted by molar-refractivity contribution is 0.247. The number of likely N-dealkylation sites (N-methyl/N-ethyl adjacent to an activating group) is 1. The predicted molar refractivity (Wildman–Crippen MR) is 65.5 cm³/mol. The summed E-state index contributed by atoms with van der Waals surface area (Å²) in [5, 5.41) is 3.27. The van der Waals surface area contributed by atoms with E-state index in [4.69, 9.17) is 9.47 Å². The van der Waals surface area contributed by atoms with Crippen molar-refractivity contribution in [3.8, 4) is 11.8 Å². The second-order valence-electron chi connectivity index (χ2n) is 4.29. The highest BCUT2D eigenvalue weighted by Gasteiger charge is 2.10. The second kappa shape index (κ2) is 5.84.